The highest BCUT2D eigenvalue weighted by atomic mass is 35.5. The van der Waals surface area contributed by atoms with Gasteiger partial charge < -0.3 is 11.1 Å². The fourth-order valence-corrected chi connectivity index (χ4v) is 1.34. The molecule has 0 aliphatic carbocycles. The Hall–Kier alpha value is -0.770. The summed E-state index contributed by atoms with van der Waals surface area (Å²) in [6.45, 7) is 2.45. The SMILES string of the molecule is Cc1ccc(NC(=O)CCCN)cc1Cl.Cl. The number of halogens is 2. The molecular formula is C11H16Cl2N2O. The van der Waals surface area contributed by atoms with Gasteiger partial charge in [-0.25, -0.2) is 0 Å². The minimum absolute atomic E-state index is 0. The molecule has 0 aliphatic heterocycles. The van der Waals surface area contributed by atoms with Crippen LogP contribution in [0.5, 0.6) is 0 Å². The zero-order valence-electron chi connectivity index (χ0n) is 9.13. The van der Waals surface area contributed by atoms with Crippen LogP contribution in [0.15, 0.2) is 18.2 Å². The van der Waals surface area contributed by atoms with E-state index in [0.29, 0.717) is 24.4 Å². The van der Waals surface area contributed by atoms with Crippen LogP contribution in [0.2, 0.25) is 5.02 Å². The van der Waals surface area contributed by atoms with Crippen LogP contribution in [0.25, 0.3) is 0 Å². The number of hydrogen-bond acceptors (Lipinski definition) is 2. The van der Waals surface area contributed by atoms with E-state index in [9.17, 15) is 4.79 Å². The fourth-order valence-electron chi connectivity index (χ4n) is 1.16. The van der Waals surface area contributed by atoms with Gasteiger partial charge in [-0.05, 0) is 37.6 Å². The van der Waals surface area contributed by atoms with Crippen molar-refractivity contribution in [2.45, 2.75) is 19.8 Å². The average molecular weight is 263 g/mol. The van der Waals surface area contributed by atoms with E-state index in [-0.39, 0.29) is 18.3 Å². The molecule has 90 valence electrons. The molecule has 1 aromatic carbocycles. The first-order chi connectivity index (χ1) is 7.13. The molecule has 1 amide bonds. The van der Waals surface area contributed by atoms with Gasteiger partial charge in [-0.15, -0.1) is 12.4 Å². The van der Waals surface area contributed by atoms with Crippen molar-refractivity contribution in [2.24, 2.45) is 5.73 Å². The Labute approximate surface area is 107 Å². The van der Waals surface area contributed by atoms with Gasteiger partial charge in [-0.1, -0.05) is 17.7 Å². The second-order valence-corrected chi connectivity index (χ2v) is 3.81. The number of anilines is 1. The fraction of sp³-hybridized carbons (Fsp3) is 0.364. The maximum atomic E-state index is 11.4. The van der Waals surface area contributed by atoms with E-state index in [1.807, 2.05) is 19.1 Å². The van der Waals surface area contributed by atoms with Crippen molar-refractivity contribution in [3.63, 3.8) is 0 Å². The van der Waals surface area contributed by atoms with Crippen LogP contribution in [0, 0.1) is 6.92 Å². The first kappa shape index (κ1) is 15.2. The third kappa shape index (κ3) is 4.84. The van der Waals surface area contributed by atoms with Crippen LogP contribution in [-0.4, -0.2) is 12.5 Å². The van der Waals surface area contributed by atoms with E-state index in [2.05, 4.69) is 5.32 Å². The lowest BCUT2D eigenvalue weighted by Crippen LogP contribution is -2.13. The van der Waals surface area contributed by atoms with Gasteiger partial charge in [0.25, 0.3) is 0 Å². The van der Waals surface area contributed by atoms with E-state index in [1.54, 1.807) is 6.07 Å². The van der Waals surface area contributed by atoms with Crippen molar-refractivity contribution >= 4 is 35.6 Å². The molecule has 0 heterocycles. The molecular weight excluding hydrogens is 247 g/mol. The molecule has 0 unspecified atom stereocenters. The van der Waals surface area contributed by atoms with Crippen molar-refractivity contribution in [3.8, 4) is 0 Å². The molecule has 1 aromatic rings. The molecule has 3 N–H and O–H groups in total. The first-order valence-electron chi connectivity index (χ1n) is 4.89. The summed E-state index contributed by atoms with van der Waals surface area (Å²) >= 11 is 5.93. The van der Waals surface area contributed by atoms with E-state index in [4.69, 9.17) is 17.3 Å². The number of benzene rings is 1. The van der Waals surface area contributed by atoms with E-state index in [0.717, 1.165) is 11.3 Å². The number of amides is 1. The topological polar surface area (TPSA) is 55.1 Å². The Morgan fingerprint density at radius 1 is 1.50 bits per heavy atom. The van der Waals surface area contributed by atoms with Gasteiger partial charge >= 0.3 is 0 Å². The lowest BCUT2D eigenvalue weighted by Gasteiger charge is -2.06. The normalized spacial score (nSPS) is 9.44. The molecule has 0 aromatic heterocycles. The zero-order valence-corrected chi connectivity index (χ0v) is 10.7. The summed E-state index contributed by atoms with van der Waals surface area (Å²) in [5.74, 6) is -0.0274. The smallest absolute Gasteiger partial charge is 0.224 e. The van der Waals surface area contributed by atoms with Crippen LogP contribution in [0.4, 0.5) is 5.69 Å². The van der Waals surface area contributed by atoms with E-state index in [1.165, 1.54) is 0 Å². The maximum Gasteiger partial charge on any atom is 0.224 e. The van der Waals surface area contributed by atoms with Gasteiger partial charge in [0.15, 0.2) is 0 Å². The third-order valence-electron chi connectivity index (χ3n) is 2.06. The zero-order chi connectivity index (χ0) is 11.3. The largest absolute Gasteiger partial charge is 0.330 e. The molecule has 0 spiro atoms. The van der Waals surface area contributed by atoms with Crippen LogP contribution >= 0.6 is 24.0 Å². The summed E-state index contributed by atoms with van der Waals surface area (Å²) in [5, 5.41) is 3.42. The minimum atomic E-state index is -0.0274. The quantitative estimate of drug-likeness (QED) is 0.877. The number of aryl methyl sites for hydroxylation is 1. The molecule has 0 saturated carbocycles. The van der Waals surface area contributed by atoms with Gasteiger partial charge in [0.1, 0.15) is 0 Å². The Bertz CT molecular complexity index is 356. The standard InChI is InChI=1S/C11H15ClN2O.ClH/c1-8-4-5-9(7-10(8)12)14-11(15)3-2-6-13;/h4-5,7H,2-3,6,13H2,1H3,(H,14,15);1H. The van der Waals surface area contributed by atoms with Gasteiger partial charge in [0, 0.05) is 17.1 Å². The maximum absolute atomic E-state index is 11.4. The van der Waals surface area contributed by atoms with Crippen LogP contribution in [-0.2, 0) is 4.79 Å². The Balaban J connectivity index is 0.00000225. The predicted octanol–water partition coefficient (Wildman–Crippen LogP) is 2.75. The highest BCUT2D eigenvalue weighted by Crippen LogP contribution is 2.19. The summed E-state index contributed by atoms with van der Waals surface area (Å²) in [6, 6.07) is 5.46. The molecule has 0 bridgehead atoms. The molecule has 3 nitrogen and oxygen atoms in total. The Kier molecular flexibility index (Phi) is 7.13. The Morgan fingerprint density at radius 2 is 2.19 bits per heavy atom. The van der Waals surface area contributed by atoms with Crippen molar-refractivity contribution < 1.29 is 4.79 Å². The highest BCUT2D eigenvalue weighted by Gasteiger charge is 2.02. The lowest BCUT2D eigenvalue weighted by atomic mass is 10.2. The molecule has 5 heteroatoms. The average Bonchev–Trinajstić information content (AvgIpc) is 2.20. The van der Waals surface area contributed by atoms with Crippen LogP contribution < -0.4 is 11.1 Å². The highest BCUT2D eigenvalue weighted by molar-refractivity contribution is 6.31. The van der Waals surface area contributed by atoms with Gasteiger partial charge in [0.2, 0.25) is 5.91 Å². The summed E-state index contributed by atoms with van der Waals surface area (Å²) in [4.78, 5) is 11.4. The van der Waals surface area contributed by atoms with Gasteiger partial charge in [-0.3, -0.25) is 4.79 Å². The molecule has 0 atom stereocenters. The second-order valence-electron chi connectivity index (χ2n) is 3.40. The number of rotatable bonds is 4. The van der Waals surface area contributed by atoms with Gasteiger partial charge in [0.05, 0.1) is 0 Å². The van der Waals surface area contributed by atoms with Crippen molar-refractivity contribution in [1.29, 1.82) is 0 Å². The molecule has 0 radical (unpaired) electrons. The number of hydrogen-bond donors (Lipinski definition) is 2. The molecule has 16 heavy (non-hydrogen) atoms. The van der Waals surface area contributed by atoms with Crippen molar-refractivity contribution in [2.75, 3.05) is 11.9 Å². The molecule has 0 fully saturated rings. The predicted molar refractivity (Wildman–Crippen MR) is 70.4 cm³/mol. The summed E-state index contributed by atoms with van der Waals surface area (Å²) in [6.07, 6.45) is 1.15. The van der Waals surface area contributed by atoms with Crippen LogP contribution in [0.3, 0.4) is 0 Å². The number of carbonyl (C=O) groups excluding carboxylic acids is 1. The second kappa shape index (κ2) is 7.49. The monoisotopic (exact) mass is 262 g/mol. The molecule has 0 saturated heterocycles. The first-order valence-corrected chi connectivity index (χ1v) is 5.27. The van der Waals surface area contributed by atoms with Gasteiger partial charge in [-0.2, -0.15) is 0 Å². The lowest BCUT2D eigenvalue weighted by molar-refractivity contribution is -0.116. The van der Waals surface area contributed by atoms with Crippen LogP contribution in [0.1, 0.15) is 18.4 Å². The minimum Gasteiger partial charge on any atom is -0.330 e. The summed E-state index contributed by atoms with van der Waals surface area (Å²) in [5.41, 5.74) is 7.04. The number of nitrogens with two attached hydrogens (primary N) is 1. The Morgan fingerprint density at radius 3 is 2.75 bits per heavy atom. The third-order valence-corrected chi connectivity index (χ3v) is 2.47. The molecule has 0 aliphatic rings. The van der Waals surface area contributed by atoms with Crippen molar-refractivity contribution in [3.05, 3.63) is 28.8 Å². The number of nitrogens with one attached hydrogen (secondary N) is 1. The summed E-state index contributed by atoms with van der Waals surface area (Å²) < 4.78 is 0. The van der Waals surface area contributed by atoms with Crippen molar-refractivity contribution in [1.82, 2.24) is 0 Å². The summed E-state index contributed by atoms with van der Waals surface area (Å²) in [7, 11) is 0. The number of carbonyl (C=O) groups is 1. The molecule has 1 rings (SSSR count). The van der Waals surface area contributed by atoms with E-state index < -0.39 is 0 Å². The van der Waals surface area contributed by atoms with E-state index >= 15 is 0 Å².